The first-order chi connectivity index (χ1) is 7.63. The van der Waals surface area contributed by atoms with Crippen LogP contribution in [0.1, 0.15) is 30.6 Å². The van der Waals surface area contributed by atoms with Gasteiger partial charge in [-0.3, -0.25) is 4.79 Å². The van der Waals surface area contributed by atoms with E-state index in [4.69, 9.17) is 9.47 Å². The molecule has 3 heteroatoms. The maximum absolute atomic E-state index is 11.7. The van der Waals surface area contributed by atoms with Gasteiger partial charge >= 0.3 is 0 Å². The summed E-state index contributed by atoms with van der Waals surface area (Å²) in [5.41, 5.74) is 0.676. The lowest BCUT2D eigenvalue weighted by Gasteiger charge is -2.10. The second-order valence-electron chi connectivity index (χ2n) is 3.86. The highest BCUT2D eigenvalue weighted by molar-refractivity contribution is 5.96. The van der Waals surface area contributed by atoms with Crippen LogP contribution in [-0.2, 0) is 4.74 Å². The lowest BCUT2D eigenvalue weighted by atomic mass is 10.1. The zero-order valence-electron chi connectivity index (χ0n) is 10.0. The van der Waals surface area contributed by atoms with Crippen LogP contribution >= 0.6 is 0 Å². The molecule has 0 unspecified atom stereocenters. The van der Waals surface area contributed by atoms with Crippen molar-refractivity contribution in [3.05, 3.63) is 29.8 Å². The summed E-state index contributed by atoms with van der Waals surface area (Å²) in [7, 11) is 1.59. The van der Waals surface area contributed by atoms with Gasteiger partial charge < -0.3 is 9.47 Å². The van der Waals surface area contributed by atoms with Crippen LogP contribution < -0.4 is 4.74 Å². The Morgan fingerprint density at radius 2 is 2.12 bits per heavy atom. The molecule has 0 fully saturated rings. The summed E-state index contributed by atoms with van der Waals surface area (Å²) in [6.45, 7) is 4.37. The molecule has 0 heterocycles. The summed E-state index contributed by atoms with van der Waals surface area (Å²) in [4.78, 5) is 11.7. The summed E-state index contributed by atoms with van der Waals surface area (Å²) in [5, 5.41) is 0. The van der Waals surface area contributed by atoms with Gasteiger partial charge in [-0.15, -0.1) is 0 Å². The van der Waals surface area contributed by atoms with Crippen LogP contribution in [0, 0.1) is 0 Å². The molecule has 16 heavy (non-hydrogen) atoms. The van der Waals surface area contributed by atoms with E-state index in [1.165, 1.54) is 0 Å². The van der Waals surface area contributed by atoms with Crippen LogP contribution in [0.15, 0.2) is 24.3 Å². The average Bonchev–Trinajstić information content (AvgIpc) is 2.25. The van der Waals surface area contributed by atoms with E-state index < -0.39 is 0 Å². The molecule has 88 valence electrons. The Balaban J connectivity index is 2.69. The molecule has 1 rings (SSSR count). The zero-order chi connectivity index (χ0) is 12.0. The van der Waals surface area contributed by atoms with Gasteiger partial charge in [0, 0.05) is 19.1 Å². The molecule has 0 saturated carbocycles. The highest BCUT2D eigenvalue weighted by Crippen LogP contribution is 2.16. The number of Topliss-reactive ketones (excluding diaryl/α,β-unsaturated/α-hetero) is 1. The van der Waals surface area contributed by atoms with Crippen LogP contribution in [-0.4, -0.2) is 25.6 Å². The van der Waals surface area contributed by atoms with E-state index in [0.29, 0.717) is 18.6 Å². The minimum atomic E-state index is 0.0797. The number of carbonyl (C=O) groups excluding carboxylic acids is 1. The number of benzene rings is 1. The largest absolute Gasteiger partial charge is 0.491 e. The molecule has 3 nitrogen and oxygen atoms in total. The molecule has 0 saturated heterocycles. The molecule has 0 N–H and O–H groups in total. The molecule has 0 aliphatic carbocycles. The second-order valence-corrected chi connectivity index (χ2v) is 3.86. The number of methoxy groups -OCH3 is 1. The van der Waals surface area contributed by atoms with Gasteiger partial charge in [-0.2, -0.15) is 0 Å². The minimum Gasteiger partial charge on any atom is -0.491 e. The molecule has 0 aromatic heterocycles. The van der Waals surface area contributed by atoms with Gasteiger partial charge in [0.05, 0.1) is 12.7 Å². The molecule has 0 atom stereocenters. The molecule has 0 bridgehead atoms. The van der Waals surface area contributed by atoms with Gasteiger partial charge in [0.25, 0.3) is 0 Å². The predicted molar refractivity (Wildman–Crippen MR) is 63.0 cm³/mol. The molecule has 0 amide bonds. The molecule has 1 aromatic rings. The van der Waals surface area contributed by atoms with E-state index in [-0.39, 0.29) is 11.9 Å². The monoisotopic (exact) mass is 222 g/mol. The fourth-order valence-corrected chi connectivity index (χ4v) is 1.35. The Hall–Kier alpha value is -1.35. The Kier molecular flexibility index (Phi) is 4.99. The summed E-state index contributed by atoms with van der Waals surface area (Å²) in [5.74, 6) is 0.814. The van der Waals surface area contributed by atoms with Crippen LogP contribution in [0.2, 0.25) is 0 Å². The Labute approximate surface area is 96.4 Å². The number of hydrogen-bond donors (Lipinski definition) is 0. The highest BCUT2D eigenvalue weighted by atomic mass is 16.5. The maximum Gasteiger partial charge on any atom is 0.165 e. The second kappa shape index (κ2) is 6.28. The van der Waals surface area contributed by atoms with Gasteiger partial charge in [0.15, 0.2) is 5.78 Å². The van der Waals surface area contributed by atoms with Crippen LogP contribution in [0.4, 0.5) is 0 Å². The van der Waals surface area contributed by atoms with Crippen molar-refractivity contribution in [1.82, 2.24) is 0 Å². The van der Waals surface area contributed by atoms with Gasteiger partial charge in [0.2, 0.25) is 0 Å². The summed E-state index contributed by atoms with van der Waals surface area (Å²) in [6.07, 6.45) is 0.520. The highest BCUT2D eigenvalue weighted by Gasteiger charge is 2.07. The van der Waals surface area contributed by atoms with Gasteiger partial charge in [0.1, 0.15) is 5.75 Å². The standard InChI is InChI=1S/C13H18O3/c1-10(2)16-12-6-4-5-11(9-12)13(14)7-8-15-3/h4-6,9-10H,7-8H2,1-3H3. The lowest BCUT2D eigenvalue weighted by Crippen LogP contribution is -2.07. The van der Waals surface area contributed by atoms with Crippen molar-refractivity contribution in [1.29, 1.82) is 0 Å². The number of ketones is 1. The van der Waals surface area contributed by atoms with Gasteiger partial charge in [-0.25, -0.2) is 0 Å². The quantitative estimate of drug-likeness (QED) is 0.694. The summed E-state index contributed by atoms with van der Waals surface area (Å²) in [6, 6.07) is 7.26. The lowest BCUT2D eigenvalue weighted by molar-refractivity contribution is 0.0931. The van der Waals surface area contributed by atoms with E-state index in [0.717, 1.165) is 5.75 Å². The Morgan fingerprint density at radius 3 is 2.75 bits per heavy atom. The van der Waals surface area contributed by atoms with E-state index >= 15 is 0 Å². The van der Waals surface area contributed by atoms with Crippen molar-refractivity contribution >= 4 is 5.78 Å². The first-order valence-corrected chi connectivity index (χ1v) is 5.42. The molecule has 0 aliphatic rings. The summed E-state index contributed by atoms with van der Waals surface area (Å²) < 4.78 is 10.4. The van der Waals surface area contributed by atoms with Crippen molar-refractivity contribution < 1.29 is 14.3 Å². The smallest absolute Gasteiger partial charge is 0.165 e. The SMILES string of the molecule is COCCC(=O)c1cccc(OC(C)C)c1. The van der Waals surface area contributed by atoms with Crippen molar-refractivity contribution in [3.63, 3.8) is 0 Å². The van der Waals surface area contributed by atoms with Crippen molar-refractivity contribution in [3.8, 4) is 5.75 Å². The first kappa shape index (κ1) is 12.7. The van der Waals surface area contributed by atoms with Crippen LogP contribution in [0.3, 0.4) is 0 Å². The van der Waals surface area contributed by atoms with Crippen molar-refractivity contribution in [2.75, 3.05) is 13.7 Å². The number of ether oxygens (including phenoxy) is 2. The average molecular weight is 222 g/mol. The van der Waals surface area contributed by atoms with Crippen molar-refractivity contribution in [2.45, 2.75) is 26.4 Å². The van der Waals surface area contributed by atoms with Gasteiger partial charge in [-0.1, -0.05) is 12.1 Å². The molecule has 0 spiro atoms. The van der Waals surface area contributed by atoms with E-state index in [1.807, 2.05) is 26.0 Å². The predicted octanol–water partition coefficient (Wildman–Crippen LogP) is 2.69. The number of carbonyl (C=O) groups is 1. The van der Waals surface area contributed by atoms with Crippen LogP contribution in [0.25, 0.3) is 0 Å². The number of hydrogen-bond acceptors (Lipinski definition) is 3. The zero-order valence-corrected chi connectivity index (χ0v) is 10.0. The van der Waals surface area contributed by atoms with Crippen molar-refractivity contribution in [2.24, 2.45) is 0 Å². The minimum absolute atomic E-state index is 0.0797. The third-order valence-corrected chi connectivity index (χ3v) is 2.06. The number of rotatable bonds is 6. The maximum atomic E-state index is 11.7. The molecule has 0 aliphatic heterocycles. The topological polar surface area (TPSA) is 35.5 Å². The first-order valence-electron chi connectivity index (χ1n) is 5.42. The van der Waals surface area contributed by atoms with Gasteiger partial charge in [-0.05, 0) is 26.0 Å². The third kappa shape index (κ3) is 4.03. The van der Waals surface area contributed by atoms with Crippen LogP contribution in [0.5, 0.6) is 5.75 Å². The van der Waals surface area contributed by atoms with E-state index in [2.05, 4.69) is 0 Å². The third-order valence-electron chi connectivity index (χ3n) is 2.06. The molecule has 0 radical (unpaired) electrons. The fourth-order valence-electron chi connectivity index (χ4n) is 1.35. The molecular weight excluding hydrogens is 204 g/mol. The normalized spacial score (nSPS) is 10.5. The Morgan fingerprint density at radius 1 is 1.38 bits per heavy atom. The summed E-state index contributed by atoms with van der Waals surface area (Å²) >= 11 is 0. The van der Waals surface area contributed by atoms with E-state index in [9.17, 15) is 4.79 Å². The molecular formula is C13H18O3. The fraction of sp³-hybridized carbons (Fsp3) is 0.462. The molecule has 1 aromatic carbocycles. The van der Waals surface area contributed by atoms with E-state index in [1.54, 1.807) is 19.2 Å². The Bertz CT molecular complexity index is 345.